The second-order valence-corrected chi connectivity index (χ2v) is 2.79. The van der Waals surface area contributed by atoms with Gasteiger partial charge in [-0.25, -0.2) is 9.13 Å². The fourth-order valence-electron chi connectivity index (χ4n) is 1.10. The average Bonchev–Trinajstić information content (AvgIpc) is 2.31. The Morgan fingerprint density at radius 2 is 2.15 bits per heavy atom. The number of hydrogen-bond donors (Lipinski definition) is 1. The van der Waals surface area contributed by atoms with E-state index in [-0.39, 0.29) is 33.5 Å². The minimum Gasteiger partial charge on any atom is -1.00 e. The molecule has 3 nitrogen and oxygen atoms in total. The van der Waals surface area contributed by atoms with Gasteiger partial charge in [0.15, 0.2) is 0 Å². The zero-order chi connectivity index (χ0) is 8.27. The summed E-state index contributed by atoms with van der Waals surface area (Å²) in [4.78, 5) is 0. The Hall–Kier alpha value is 0.144. The average molecular weight is 293 g/mol. The number of aryl methyl sites for hydroxylation is 2. The Labute approximate surface area is 100 Å². The summed E-state index contributed by atoms with van der Waals surface area (Å²) in [5.74, 6) is 1.28. The maximum absolute atomic E-state index is 5.41. The number of hydrogen-bond acceptors (Lipinski definition) is 1. The van der Waals surface area contributed by atoms with Crippen molar-refractivity contribution in [1.82, 2.24) is 4.57 Å². The molecule has 0 aliphatic heterocycles. The van der Waals surface area contributed by atoms with Gasteiger partial charge in [0, 0.05) is 23.4 Å². The fourth-order valence-corrected chi connectivity index (χ4v) is 1.10. The van der Waals surface area contributed by atoms with Gasteiger partial charge in [-0.3, -0.25) is 0 Å². The molecule has 0 aliphatic carbocycles. The summed E-state index contributed by atoms with van der Waals surface area (Å²) in [5.41, 5.74) is 5.41. The van der Waals surface area contributed by atoms with Gasteiger partial charge in [0.1, 0.15) is 12.4 Å². The molecular weight excluding hydrogens is 277 g/mol. The third kappa shape index (κ3) is 4.25. The minimum absolute atomic E-state index is 0. The molecule has 0 spiro atoms. The SMILES string of the molecule is Cc1n(CCCN)cc[n+]1C.[Br-].[Ni]. The zero-order valence-electron chi connectivity index (χ0n) is 7.94. The molecule has 1 heterocycles. The molecule has 0 bridgehead atoms. The van der Waals surface area contributed by atoms with E-state index in [1.54, 1.807) is 0 Å². The van der Waals surface area contributed by atoms with Gasteiger partial charge in [-0.05, 0) is 13.0 Å². The van der Waals surface area contributed by atoms with Crippen LogP contribution in [0.1, 0.15) is 12.2 Å². The van der Waals surface area contributed by atoms with Gasteiger partial charge in [0.2, 0.25) is 0 Å². The van der Waals surface area contributed by atoms with Crippen molar-refractivity contribution in [2.45, 2.75) is 19.9 Å². The second-order valence-electron chi connectivity index (χ2n) is 2.79. The van der Waals surface area contributed by atoms with Crippen molar-refractivity contribution in [1.29, 1.82) is 0 Å². The molecule has 1 aromatic rings. The van der Waals surface area contributed by atoms with Crippen molar-refractivity contribution in [3.63, 3.8) is 0 Å². The molecule has 80 valence electrons. The molecule has 0 saturated heterocycles. The van der Waals surface area contributed by atoms with Crippen molar-refractivity contribution in [2.75, 3.05) is 6.54 Å². The Morgan fingerprint density at radius 3 is 2.54 bits per heavy atom. The van der Waals surface area contributed by atoms with Crippen LogP contribution >= 0.6 is 0 Å². The first-order chi connectivity index (χ1) is 5.25. The quantitative estimate of drug-likeness (QED) is 0.467. The smallest absolute Gasteiger partial charge is 0.253 e. The summed E-state index contributed by atoms with van der Waals surface area (Å²) < 4.78 is 4.32. The van der Waals surface area contributed by atoms with Gasteiger partial charge in [-0.15, -0.1) is 0 Å². The molecule has 0 unspecified atom stereocenters. The van der Waals surface area contributed by atoms with Crippen LogP contribution in [0.15, 0.2) is 12.4 Å². The molecule has 0 atom stereocenters. The van der Waals surface area contributed by atoms with Gasteiger partial charge in [-0.2, -0.15) is 0 Å². The third-order valence-corrected chi connectivity index (χ3v) is 2.00. The molecule has 1 rings (SSSR count). The van der Waals surface area contributed by atoms with Crippen LogP contribution in [0.3, 0.4) is 0 Å². The van der Waals surface area contributed by atoms with E-state index in [0.717, 1.165) is 19.5 Å². The topological polar surface area (TPSA) is 34.8 Å². The summed E-state index contributed by atoms with van der Waals surface area (Å²) in [6.07, 6.45) is 5.20. The van der Waals surface area contributed by atoms with Crippen LogP contribution in [0.4, 0.5) is 0 Å². The molecule has 0 aliphatic rings. The summed E-state index contributed by atoms with van der Waals surface area (Å²) in [6, 6.07) is 0. The van der Waals surface area contributed by atoms with E-state index in [0.29, 0.717) is 0 Å². The van der Waals surface area contributed by atoms with Gasteiger partial charge in [-0.1, -0.05) is 0 Å². The van der Waals surface area contributed by atoms with E-state index in [1.807, 2.05) is 7.05 Å². The van der Waals surface area contributed by atoms with E-state index in [9.17, 15) is 0 Å². The molecule has 1 aromatic heterocycles. The van der Waals surface area contributed by atoms with Crippen LogP contribution < -0.4 is 27.3 Å². The maximum Gasteiger partial charge on any atom is 0.253 e. The molecule has 2 N–H and O–H groups in total. The van der Waals surface area contributed by atoms with E-state index in [4.69, 9.17) is 5.73 Å². The van der Waals surface area contributed by atoms with Gasteiger partial charge < -0.3 is 22.7 Å². The van der Waals surface area contributed by atoms with Gasteiger partial charge >= 0.3 is 0 Å². The third-order valence-electron chi connectivity index (χ3n) is 2.00. The van der Waals surface area contributed by atoms with Crippen LogP contribution in [0.5, 0.6) is 0 Å². The predicted octanol–water partition coefficient (Wildman–Crippen LogP) is -3.03. The number of aromatic nitrogens is 2. The van der Waals surface area contributed by atoms with Gasteiger partial charge in [0.25, 0.3) is 5.82 Å². The monoisotopic (exact) mass is 291 g/mol. The molecular formula is C8H16BrN3Ni. The number of nitrogens with zero attached hydrogens (tertiary/aromatic N) is 2. The van der Waals surface area contributed by atoms with Crippen molar-refractivity contribution in [2.24, 2.45) is 12.8 Å². The Morgan fingerprint density at radius 1 is 1.54 bits per heavy atom. The van der Waals surface area contributed by atoms with Crippen LogP contribution in [0.25, 0.3) is 0 Å². The Kier molecular flexibility index (Phi) is 9.05. The van der Waals surface area contributed by atoms with E-state index >= 15 is 0 Å². The molecule has 13 heavy (non-hydrogen) atoms. The van der Waals surface area contributed by atoms with Crippen LogP contribution in [0, 0.1) is 6.92 Å². The predicted molar refractivity (Wildman–Crippen MR) is 44.0 cm³/mol. The molecule has 5 heteroatoms. The Balaban J connectivity index is 0. The Bertz CT molecular complexity index is 237. The number of halogens is 1. The van der Waals surface area contributed by atoms with Crippen molar-refractivity contribution < 1.29 is 38.0 Å². The van der Waals surface area contributed by atoms with E-state index in [1.165, 1.54) is 5.82 Å². The van der Waals surface area contributed by atoms with E-state index < -0.39 is 0 Å². The number of rotatable bonds is 3. The van der Waals surface area contributed by atoms with Crippen molar-refractivity contribution >= 4 is 0 Å². The summed E-state index contributed by atoms with van der Waals surface area (Å²) >= 11 is 0. The van der Waals surface area contributed by atoms with Crippen LogP contribution in [-0.2, 0) is 30.1 Å². The molecule has 0 amide bonds. The maximum atomic E-state index is 5.41. The summed E-state index contributed by atoms with van der Waals surface area (Å²) in [7, 11) is 2.05. The van der Waals surface area contributed by atoms with Crippen LogP contribution in [0.2, 0.25) is 0 Å². The fraction of sp³-hybridized carbons (Fsp3) is 0.625. The molecule has 0 radical (unpaired) electrons. The first kappa shape index (κ1) is 15.6. The standard InChI is InChI=1S/C8H16N3.BrH.Ni/c1-8-10(2)6-7-11(8)5-3-4-9;;/h6-7H,3-5,9H2,1-2H3;1H;/q+1;;/p-1. The molecule has 0 aromatic carbocycles. The second kappa shape index (κ2) is 7.54. The van der Waals surface area contributed by atoms with Gasteiger partial charge in [0.05, 0.1) is 13.6 Å². The van der Waals surface area contributed by atoms with Crippen molar-refractivity contribution in [3.8, 4) is 0 Å². The van der Waals surface area contributed by atoms with Crippen LogP contribution in [-0.4, -0.2) is 11.1 Å². The largest absolute Gasteiger partial charge is 1.00 e. The summed E-state index contributed by atoms with van der Waals surface area (Å²) in [6.45, 7) is 3.90. The molecule has 0 fully saturated rings. The zero-order valence-corrected chi connectivity index (χ0v) is 10.5. The number of nitrogens with two attached hydrogens (primary N) is 1. The molecule has 0 saturated carbocycles. The van der Waals surface area contributed by atoms with Crippen molar-refractivity contribution in [3.05, 3.63) is 18.2 Å². The summed E-state index contributed by atoms with van der Waals surface area (Å²) in [5, 5.41) is 0. The first-order valence-electron chi connectivity index (χ1n) is 3.97. The number of imidazole rings is 1. The van der Waals surface area contributed by atoms with E-state index in [2.05, 4.69) is 28.5 Å². The first-order valence-corrected chi connectivity index (χ1v) is 3.97. The normalized spacial score (nSPS) is 8.85. The minimum atomic E-state index is 0.